The van der Waals surface area contributed by atoms with Gasteiger partial charge in [-0.25, -0.2) is 8.42 Å². The number of halogens is 1. The maximum absolute atomic E-state index is 11.1. The smallest absolute Gasteiger partial charge is 0.167 e. The summed E-state index contributed by atoms with van der Waals surface area (Å²) < 4.78 is 20.9. The fourth-order valence-corrected chi connectivity index (χ4v) is 1.92. The van der Waals surface area contributed by atoms with Gasteiger partial charge in [0.15, 0.2) is 14.5 Å². The van der Waals surface area contributed by atoms with Crippen molar-refractivity contribution in [3.05, 3.63) is 35.4 Å². The van der Waals surface area contributed by atoms with Gasteiger partial charge in [-0.15, -0.1) is 11.6 Å². The Bertz CT molecular complexity index is 424. The molecule has 0 saturated heterocycles. The van der Waals surface area contributed by atoms with Gasteiger partial charge >= 0.3 is 0 Å². The number of hydrogen-bond acceptors (Lipinski definition) is 3. The van der Waals surface area contributed by atoms with Crippen LogP contribution < -0.4 is 0 Å². The second-order valence-electron chi connectivity index (χ2n) is 3.54. The van der Waals surface area contributed by atoms with E-state index in [4.69, 9.17) is 11.6 Å². The van der Waals surface area contributed by atoms with Crippen molar-refractivity contribution in [2.45, 2.75) is 17.7 Å². The maximum Gasteiger partial charge on any atom is 0.167 e. The molecule has 0 spiro atoms. The van der Waals surface area contributed by atoms with Crippen LogP contribution >= 0.6 is 11.6 Å². The third-order valence-electron chi connectivity index (χ3n) is 2.08. The zero-order chi connectivity index (χ0) is 11.6. The third kappa shape index (κ3) is 3.19. The summed E-state index contributed by atoms with van der Waals surface area (Å²) in [6, 6.07) is 6.93. The van der Waals surface area contributed by atoms with E-state index in [1.165, 1.54) is 0 Å². The topological polar surface area (TPSA) is 54.4 Å². The van der Waals surface area contributed by atoms with Crippen molar-refractivity contribution in [2.24, 2.45) is 0 Å². The Morgan fingerprint density at radius 2 is 1.73 bits per heavy atom. The van der Waals surface area contributed by atoms with Gasteiger partial charge in [0.25, 0.3) is 0 Å². The van der Waals surface area contributed by atoms with Crippen LogP contribution in [0.5, 0.6) is 0 Å². The summed E-state index contributed by atoms with van der Waals surface area (Å²) in [5.41, 5.74) is 1.54. The van der Waals surface area contributed by atoms with Gasteiger partial charge in [-0.2, -0.15) is 0 Å². The van der Waals surface area contributed by atoms with Crippen molar-refractivity contribution in [1.82, 2.24) is 0 Å². The third-order valence-corrected chi connectivity index (χ3v) is 4.36. The number of sulfone groups is 1. The van der Waals surface area contributed by atoms with Gasteiger partial charge in [0, 0.05) is 6.26 Å². The molecule has 0 fully saturated rings. The van der Waals surface area contributed by atoms with Crippen LogP contribution in [0.15, 0.2) is 24.3 Å². The number of alkyl halides is 1. The Morgan fingerprint density at radius 1 is 1.27 bits per heavy atom. The van der Waals surface area contributed by atoms with Crippen molar-refractivity contribution in [3.8, 4) is 0 Å². The van der Waals surface area contributed by atoms with Crippen LogP contribution in [0.1, 0.15) is 17.2 Å². The Morgan fingerprint density at radius 3 is 2.13 bits per heavy atom. The molecule has 0 unspecified atom stereocenters. The van der Waals surface area contributed by atoms with Crippen LogP contribution in [0, 0.1) is 6.92 Å². The average Bonchev–Trinajstić information content (AvgIpc) is 2.15. The SMILES string of the molecule is Cc1ccc([C@@H](O)[C@H](Cl)S(C)(=O)=O)cc1. The summed E-state index contributed by atoms with van der Waals surface area (Å²) in [5.74, 6) is 0. The van der Waals surface area contributed by atoms with E-state index in [-0.39, 0.29) is 0 Å². The van der Waals surface area contributed by atoms with Gasteiger partial charge in [-0.1, -0.05) is 29.8 Å². The highest BCUT2D eigenvalue weighted by Gasteiger charge is 2.27. The molecule has 0 bridgehead atoms. The summed E-state index contributed by atoms with van der Waals surface area (Å²) in [6.07, 6.45) is -0.190. The van der Waals surface area contributed by atoms with Crippen LogP contribution in [0.3, 0.4) is 0 Å². The maximum atomic E-state index is 11.1. The molecule has 2 atom stereocenters. The summed E-state index contributed by atoms with van der Waals surface area (Å²) in [4.78, 5) is 0. The second-order valence-corrected chi connectivity index (χ2v) is 6.43. The Labute approximate surface area is 94.6 Å². The Balaban J connectivity index is 2.95. The predicted molar refractivity (Wildman–Crippen MR) is 60.6 cm³/mol. The van der Waals surface area contributed by atoms with Crippen molar-refractivity contribution in [3.63, 3.8) is 0 Å². The van der Waals surface area contributed by atoms with E-state index in [1.54, 1.807) is 24.3 Å². The second kappa shape index (κ2) is 4.51. The summed E-state index contributed by atoms with van der Waals surface area (Å²) >= 11 is 5.64. The molecule has 0 aliphatic carbocycles. The molecule has 0 aliphatic heterocycles. The lowest BCUT2D eigenvalue weighted by Crippen LogP contribution is -2.21. The number of hydrogen-bond donors (Lipinski definition) is 1. The molecule has 0 radical (unpaired) electrons. The molecule has 0 aliphatic rings. The fourth-order valence-electron chi connectivity index (χ4n) is 1.15. The fraction of sp³-hybridized carbons (Fsp3) is 0.400. The lowest BCUT2D eigenvalue weighted by molar-refractivity contribution is 0.192. The zero-order valence-electron chi connectivity index (χ0n) is 8.51. The van der Waals surface area contributed by atoms with Gasteiger partial charge < -0.3 is 5.11 Å². The number of aliphatic hydroxyl groups excluding tert-OH is 1. The van der Waals surface area contributed by atoms with Crippen LogP contribution in [0.25, 0.3) is 0 Å². The number of rotatable bonds is 3. The molecule has 1 rings (SSSR count). The van der Waals surface area contributed by atoms with Gasteiger partial charge in [0.05, 0.1) is 0 Å². The van der Waals surface area contributed by atoms with Crippen molar-refractivity contribution < 1.29 is 13.5 Å². The van der Waals surface area contributed by atoms with E-state index >= 15 is 0 Å². The highest BCUT2D eigenvalue weighted by atomic mass is 35.5. The molecule has 0 aromatic heterocycles. The van der Waals surface area contributed by atoms with Crippen LogP contribution in [0.4, 0.5) is 0 Å². The Hall–Kier alpha value is -0.580. The van der Waals surface area contributed by atoms with Crippen LogP contribution in [0.2, 0.25) is 0 Å². The van der Waals surface area contributed by atoms with E-state index in [1.807, 2.05) is 6.92 Å². The minimum absolute atomic E-state index is 0.506. The molecule has 5 heteroatoms. The summed E-state index contributed by atoms with van der Waals surface area (Å²) in [5, 5.41) is 9.70. The minimum atomic E-state index is -3.44. The molecule has 15 heavy (non-hydrogen) atoms. The zero-order valence-corrected chi connectivity index (χ0v) is 10.1. The van der Waals surface area contributed by atoms with Crippen molar-refractivity contribution >= 4 is 21.4 Å². The highest BCUT2D eigenvalue weighted by molar-refractivity contribution is 7.92. The first-order valence-corrected chi connectivity index (χ1v) is 6.79. The molecular formula is C10H13ClO3S. The summed E-state index contributed by atoms with van der Waals surface area (Å²) in [7, 11) is -3.44. The first kappa shape index (κ1) is 12.5. The number of aliphatic hydroxyl groups is 1. The monoisotopic (exact) mass is 248 g/mol. The largest absolute Gasteiger partial charge is 0.386 e. The van der Waals surface area contributed by atoms with Crippen LogP contribution in [-0.4, -0.2) is 24.5 Å². The van der Waals surface area contributed by atoms with E-state index < -0.39 is 20.7 Å². The summed E-state index contributed by atoms with van der Waals surface area (Å²) in [6.45, 7) is 1.91. The van der Waals surface area contributed by atoms with Gasteiger partial charge in [-0.05, 0) is 12.5 Å². The average molecular weight is 249 g/mol. The molecule has 0 saturated carbocycles. The first-order chi connectivity index (χ1) is 6.82. The van der Waals surface area contributed by atoms with E-state index in [2.05, 4.69) is 0 Å². The molecule has 1 aromatic rings. The number of aryl methyl sites for hydroxylation is 1. The normalized spacial score (nSPS) is 16.0. The van der Waals surface area contributed by atoms with Crippen molar-refractivity contribution in [2.75, 3.05) is 6.26 Å². The van der Waals surface area contributed by atoms with E-state index in [9.17, 15) is 13.5 Å². The standard InChI is InChI=1S/C10H13ClO3S/c1-7-3-5-8(6-4-7)9(12)10(11)15(2,13)14/h3-6,9-10,12H,1-2H3/t9-,10-/m1/s1. The minimum Gasteiger partial charge on any atom is -0.386 e. The Kier molecular flexibility index (Phi) is 3.76. The van der Waals surface area contributed by atoms with Crippen molar-refractivity contribution in [1.29, 1.82) is 0 Å². The van der Waals surface area contributed by atoms with Gasteiger partial charge in [-0.3, -0.25) is 0 Å². The van der Waals surface area contributed by atoms with E-state index in [0.717, 1.165) is 11.8 Å². The highest BCUT2D eigenvalue weighted by Crippen LogP contribution is 2.24. The van der Waals surface area contributed by atoms with Gasteiger partial charge in [0.2, 0.25) is 0 Å². The molecule has 0 heterocycles. The molecule has 0 amide bonds. The molecule has 3 nitrogen and oxygen atoms in total. The molecule has 1 aromatic carbocycles. The lowest BCUT2D eigenvalue weighted by Gasteiger charge is -2.15. The first-order valence-electron chi connectivity index (χ1n) is 4.40. The molecular weight excluding hydrogens is 236 g/mol. The predicted octanol–water partition coefficient (Wildman–Crippen LogP) is 1.64. The molecule has 1 N–H and O–H groups in total. The lowest BCUT2D eigenvalue weighted by atomic mass is 10.1. The number of benzene rings is 1. The van der Waals surface area contributed by atoms with E-state index in [0.29, 0.717) is 5.56 Å². The van der Waals surface area contributed by atoms with Gasteiger partial charge in [0.1, 0.15) is 6.10 Å². The quantitative estimate of drug-likeness (QED) is 0.828. The van der Waals surface area contributed by atoms with Crippen LogP contribution in [-0.2, 0) is 9.84 Å². The molecule has 84 valence electrons.